The molecule has 0 fully saturated rings. The van der Waals surface area contributed by atoms with Crippen molar-refractivity contribution in [2.75, 3.05) is 17.6 Å². The number of aliphatic hydroxyl groups excluding tert-OH is 1. The van der Waals surface area contributed by atoms with Crippen molar-refractivity contribution in [3.63, 3.8) is 0 Å². The van der Waals surface area contributed by atoms with Gasteiger partial charge in [-0.3, -0.25) is 0 Å². The molecule has 1 rings (SSSR count). The zero-order valence-electron chi connectivity index (χ0n) is 7.75. The Morgan fingerprint density at radius 1 is 1.47 bits per heavy atom. The van der Waals surface area contributed by atoms with E-state index in [1.165, 1.54) is 0 Å². The van der Waals surface area contributed by atoms with Crippen molar-refractivity contribution in [1.29, 1.82) is 0 Å². The topological polar surface area (TPSA) is 58.3 Å². The number of halogens is 3. The SMILES string of the molecule is Nc1cc(I)ccc1NCC(O)C(F)F. The highest BCUT2D eigenvalue weighted by Crippen LogP contribution is 2.20. The quantitative estimate of drug-likeness (QED) is 0.585. The van der Waals surface area contributed by atoms with E-state index in [1.54, 1.807) is 18.2 Å². The number of rotatable bonds is 4. The maximum Gasteiger partial charge on any atom is 0.265 e. The van der Waals surface area contributed by atoms with Crippen molar-refractivity contribution >= 4 is 34.0 Å². The van der Waals surface area contributed by atoms with Gasteiger partial charge in [-0.2, -0.15) is 0 Å². The Hall–Kier alpha value is -0.630. The summed E-state index contributed by atoms with van der Waals surface area (Å²) < 4.78 is 24.9. The van der Waals surface area contributed by atoms with E-state index in [0.29, 0.717) is 11.4 Å². The standard InChI is InChI=1S/C9H11F2IN2O/c10-9(11)8(15)4-14-7-2-1-5(12)3-6(7)13/h1-3,8-9,14-15H,4,13H2. The van der Waals surface area contributed by atoms with Gasteiger partial charge >= 0.3 is 0 Å². The lowest BCUT2D eigenvalue weighted by Gasteiger charge is -2.13. The summed E-state index contributed by atoms with van der Waals surface area (Å²) in [6.07, 6.45) is -4.42. The van der Waals surface area contributed by atoms with Crippen molar-refractivity contribution in [1.82, 2.24) is 0 Å². The predicted molar refractivity (Wildman–Crippen MR) is 64.1 cm³/mol. The van der Waals surface area contributed by atoms with Crippen LogP contribution in [0.25, 0.3) is 0 Å². The van der Waals surface area contributed by atoms with Gasteiger partial charge in [-0.05, 0) is 40.8 Å². The molecule has 0 aromatic heterocycles. The van der Waals surface area contributed by atoms with E-state index in [-0.39, 0.29) is 6.54 Å². The number of hydrogen-bond donors (Lipinski definition) is 3. The van der Waals surface area contributed by atoms with Gasteiger partial charge in [0.05, 0.1) is 11.4 Å². The number of alkyl halides is 2. The van der Waals surface area contributed by atoms with Gasteiger partial charge in [0.2, 0.25) is 0 Å². The molecule has 0 amide bonds. The van der Waals surface area contributed by atoms with Crippen molar-refractivity contribution in [3.05, 3.63) is 21.8 Å². The zero-order valence-corrected chi connectivity index (χ0v) is 9.91. The van der Waals surface area contributed by atoms with E-state index in [0.717, 1.165) is 3.57 Å². The normalized spacial score (nSPS) is 12.9. The van der Waals surface area contributed by atoms with Gasteiger partial charge < -0.3 is 16.2 Å². The molecule has 4 N–H and O–H groups in total. The van der Waals surface area contributed by atoms with Crippen LogP contribution in [0.2, 0.25) is 0 Å². The molecule has 0 aliphatic carbocycles. The first-order valence-corrected chi connectivity index (χ1v) is 5.33. The first-order chi connectivity index (χ1) is 7.00. The summed E-state index contributed by atoms with van der Waals surface area (Å²) in [6, 6.07) is 5.21. The van der Waals surface area contributed by atoms with Gasteiger partial charge in [0.1, 0.15) is 6.10 Å². The summed E-state index contributed by atoms with van der Waals surface area (Å²) in [7, 11) is 0. The Morgan fingerprint density at radius 3 is 2.67 bits per heavy atom. The third-order valence-electron chi connectivity index (χ3n) is 1.81. The van der Waals surface area contributed by atoms with Crippen molar-refractivity contribution < 1.29 is 13.9 Å². The maximum absolute atomic E-state index is 12.0. The molecule has 0 aliphatic heterocycles. The number of aliphatic hydroxyl groups is 1. The molecule has 1 unspecified atom stereocenters. The molecule has 0 heterocycles. The number of nitrogens with two attached hydrogens (primary N) is 1. The molecule has 1 atom stereocenters. The molecule has 0 spiro atoms. The highest BCUT2D eigenvalue weighted by molar-refractivity contribution is 14.1. The Bertz CT molecular complexity index is 336. The van der Waals surface area contributed by atoms with Crippen LogP contribution in [0.1, 0.15) is 0 Å². The van der Waals surface area contributed by atoms with Crippen LogP contribution in [0, 0.1) is 3.57 Å². The van der Waals surface area contributed by atoms with E-state index in [4.69, 9.17) is 10.8 Å². The molecule has 3 nitrogen and oxygen atoms in total. The van der Waals surface area contributed by atoms with Gasteiger partial charge in [-0.25, -0.2) is 8.78 Å². The highest BCUT2D eigenvalue weighted by atomic mass is 127. The van der Waals surface area contributed by atoms with Gasteiger partial charge in [0, 0.05) is 10.1 Å². The Balaban J connectivity index is 2.58. The summed E-state index contributed by atoms with van der Waals surface area (Å²) >= 11 is 2.10. The smallest absolute Gasteiger partial charge is 0.265 e. The summed E-state index contributed by atoms with van der Waals surface area (Å²) in [6.45, 7) is -0.220. The Morgan fingerprint density at radius 2 is 2.13 bits per heavy atom. The van der Waals surface area contributed by atoms with Gasteiger partial charge in [-0.15, -0.1) is 0 Å². The maximum atomic E-state index is 12.0. The van der Waals surface area contributed by atoms with Crippen LogP contribution in [0.4, 0.5) is 20.2 Å². The minimum atomic E-state index is -2.75. The predicted octanol–water partition coefficient (Wildman–Crippen LogP) is 1.91. The zero-order chi connectivity index (χ0) is 11.4. The number of nitrogens with one attached hydrogen (secondary N) is 1. The number of nitrogen functional groups attached to an aromatic ring is 1. The molecule has 0 saturated heterocycles. The fourth-order valence-electron chi connectivity index (χ4n) is 0.998. The second-order valence-electron chi connectivity index (χ2n) is 3.01. The number of benzene rings is 1. The molecule has 0 bridgehead atoms. The van der Waals surface area contributed by atoms with Crippen LogP contribution in [-0.2, 0) is 0 Å². The van der Waals surface area contributed by atoms with Crippen LogP contribution in [0.3, 0.4) is 0 Å². The summed E-state index contributed by atoms with van der Waals surface area (Å²) in [5, 5.41) is 11.5. The second kappa shape index (κ2) is 5.45. The monoisotopic (exact) mass is 328 g/mol. The van der Waals surface area contributed by atoms with Gasteiger partial charge in [0.25, 0.3) is 6.43 Å². The fraction of sp³-hybridized carbons (Fsp3) is 0.333. The molecular weight excluding hydrogens is 317 g/mol. The minimum Gasteiger partial charge on any atom is -0.397 e. The first kappa shape index (κ1) is 12.4. The molecule has 0 saturated carbocycles. The number of hydrogen-bond acceptors (Lipinski definition) is 3. The van der Waals surface area contributed by atoms with E-state index in [1.807, 2.05) is 0 Å². The molecule has 0 aliphatic rings. The second-order valence-corrected chi connectivity index (χ2v) is 4.26. The average Bonchev–Trinajstić information content (AvgIpc) is 2.15. The molecule has 0 radical (unpaired) electrons. The van der Waals surface area contributed by atoms with Crippen molar-refractivity contribution in [2.45, 2.75) is 12.5 Å². The highest BCUT2D eigenvalue weighted by Gasteiger charge is 2.16. The molecule has 1 aromatic rings. The molecule has 15 heavy (non-hydrogen) atoms. The van der Waals surface area contributed by atoms with Gasteiger partial charge in [-0.1, -0.05) is 0 Å². The third kappa shape index (κ3) is 3.78. The van der Waals surface area contributed by atoms with Crippen LogP contribution < -0.4 is 11.1 Å². The van der Waals surface area contributed by atoms with Crippen LogP contribution in [0.15, 0.2) is 18.2 Å². The summed E-state index contributed by atoms with van der Waals surface area (Å²) in [5.74, 6) is 0. The number of anilines is 2. The van der Waals surface area contributed by atoms with Gasteiger partial charge in [0.15, 0.2) is 0 Å². The summed E-state index contributed by atoms with van der Waals surface area (Å²) in [5.41, 5.74) is 6.67. The van der Waals surface area contributed by atoms with Crippen LogP contribution in [-0.4, -0.2) is 24.2 Å². The average molecular weight is 328 g/mol. The Labute approximate surface area is 99.8 Å². The lowest BCUT2D eigenvalue weighted by molar-refractivity contribution is 0.00385. The van der Waals surface area contributed by atoms with E-state index >= 15 is 0 Å². The van der Waals surface area contributed by atoms with E-state index in [9.17, 15) is 8.78 Å². The van der Waals surface area contributed by atoms with Crippen LogP contribution in [0.5, 0.6) is 0 Å². The van der Waals surface area contributed by atoms with Crippen molar-refractivity contribution in [3.8, 4) is 0 Å². The molecular formula is C9H11F2IN2O. The largest absolute Gasteiger partial charge is 0.397 e. The van der Waals surface area contributed by atoms with E-state index in [2.05, 4.69) is 27.9 Å². The minimum absolute atomic E-state index is 0.220. The molecule has 84 valence electrons. The first-order valence-electron chi connectivity index (χ1n) is 4.26. The van der Waals surface area contributed by atoms with Crippen molar-refractivity contribution in [2.24, 2.45) is 0 Å². The fourth-order valence-corrected chi connectivity index (χ4v) is 1.51. The van der Waals surface area contributed by atoms with Crippen LogP contribution >= 0.6 is 22.6 Å². The van der Waals surface area contributed by atoms with E-state index < -0.39 is 12.5 Å². The lowest BCUT2D eigenvalue weighted by Crippen LogP contribution is -2.27. The summed E-state index contributed by atoms with van der Waals surface area (Å²) in [4.78, 5) is 0. The lowest BCUT2D eigenvalue weighted by atomic mass is 10.2. The third-order valence-corrected chi connectivity index (χ3v) is 2.48. The Kier molecular flexibility index (Phi) is 4.52. The molecule has 1 aromatic carbocycles. The molecule has 6 heteroatoms.